The Morgan fingerprint density at radius 3 is 2.94 bits per heavy atom. The van der Waals surface area contributed by atoms with E-state index < -0.39 is 0 Å². The first kappa shape index (κ1) is 10.9. The number of nitrogens with one attached hydrogen (secondary N) is 1. The smallest absolute Gasteiger partial charge is 0.223 e. The molecule has 3 rings (SSSR count). The molecule has 1 aliphatic carbocycles. The van der Waals surface area contributed by atoms with Crippen LogP contribution < -0.4 is 5.32 Å². The van der Waals surface area contributed by atoms with E-state index in [1.54, 1.807) is 6.20 Å². The SMILES string of the molecule is Cn1ncc(I)c1-c1ccnc(NC2CC2)n1. The first-order valence-corrected chi connectivity index (χ1v) is 6.59. The third-order valence-electron chi connectivity index (χ3n) is 2.70. The molecule has 5 nitrogen and oxygen atoms in total. The van der Waals surface area contributed by atoms with Gasteiger partial charge in [0.05, 0.1) is 21.2 Å². The van der Waals surface area contributed by atoms with Crippen LogP contribution in [0.15, 0.2) is 18.5 Å². The summed E-state index contributed by atoms with van der Waals surface area (Å²) in [7, 11) is 1.92. The van der Waals surface area contributed by atoms with Gasteiger partial charge in [0.25, 0.3) is 0 Å². The number of nitrogens with zero attached hydrogens (tertiary/aromatic N) is 4. The van der Waals surface area contributed by atoms with E-state index in [2.05, 4.69) is 43.0 Å². The van der Waals surface area contributed by atoms with Crippen molar-refractivity contribution in [1.82, 2.24) is 19.7 Å². The first-order valence-electron chi connectivity index (χ1n) is 5.51. The van der Waals surface area contributed by atoms with E-state index in [4.69, 9.17) is 0 Å². The van der Waals surface area contributed by atoms with Crippen molar-refractivity contribution in [2.45, 2.75) is 18.9 Å². The van der Waals surface area contributed by atoms with Crippen LogP contribution in [0.25, 0.3) is 11.4 Å². The Morgan fingerprint density at radius 1 is 1.47 bits per heavy atom. The minimum atomic E-state index is 0.566. The average Bonchev–Trinajstić information content (AvgIpc) is 3.05. The zero-order valence-corrected chi connectivity index (χ0v) is 11.5. The summed E-state index contributed by atoms with van der Waals surface area (Å²) in [5, 5.41) is 7.53. The lowest BCUT2D eigenvalue weighted by molar-refractivity contribution is 0.772. The van der Waals surface area contributed by atoms with Crippen LogP contribution in [0.3, 0.4) is 0 Å². The molecule has 0 amide bonds. The van der Waals surface area contributed by atoms with Gasteiger partial charge in [-0.1, -0.05) is 0 Å². The summed E-state index contributed by atoms with van der Waals surface area (Å²) in [5.41, 5.74) is 1.94. The Balaban J connectivity index is 1.96. The fourth-order valence-corrected chi connectivity index (χ4v) is 2.42. The molecule has 0 saturated heterocycles. The van der Waals surface area contributed by atoms with Crippen molar-refractivity contribution in [2.75, 3.05) is 5.32 Å². The molecule has 0 spiro atoms. The molecule has 0 aliphatic heterocycles. The Bertz CT molecular complexity index is 527. The summed E-state index contributed by atoms with van der Waals surface area (Å²) in [6.07, 6.45) is 6.07. The molecule has 2 aromatic rings. The predicted molar refractivity (Wildman–Crippen MR) is 73.6 cm³/mol. The summed E-state index contributed by atoms with van der Waals surface area (Å²) in [4.78, 5) is 8.76. The van der Waals surface area contributed by atoms with Crippen molar-refractivity contribution in [2.24, 2.45) is 7.05 Å². The predicted octanol–water partition coefficient (Wildman–Crippen LogP) is 2.06. The average molecular weight is 341 g/mol. The van der Waals surface area contributed by atoms with Gasteiger partial charge in [0, 0.05) is 19.3 Å². The second kappa shape index (κ2) is 4.25. The second-order valence-electron chi connectivity index (χ2n) is 4.15. The highest BCUT2D eigenvalue weighted by molar-refractivity contribution is 14.1. The Hall–Kier alpha value is -1.18. The quantitative estimate of drug-likeness (QED) is 0.869. The van der Waals surface area contributed by atoms with Crippen LogP contribution in [-0.2, 0) is 7.05 Å². The maximum Gasteiger partial charge on any atom is 0.223 e. The number of anilines is 1. The third kappa shape index (κ3) is 2.26. The lowest BCUT2D eigenvalue weighted by Crippen LogP contribution is -2.06. The van der Waals surface area contributed by atoms with Crippen molar-refractivity contribution >= 4 is 28.5 Å². The monoisotopic (exact) mass is 341 g/mol. The van der Waals surface area contributed by atoms with Gasteiger partial charge >= 0.3 is 0 Å². The number of halogens is 1. The van der Waals surface area contributed by atoms with Gasteiger partial charge in [-0.2, -0.15) is 5.10 Å². The fourth-order valence-electron chi connectivity index (χ4n) is 1.67. The van der Waals surface area contributed by atoms with Crippen LogP contribution in [0.1, 0.15) is 12.8 Å². The topological polar surface area (TPSA) is 55.6 Å². The Kier molecular flexibility index (Phi) is 2.73. The Labute approximate surface area is 113 Å². The van der Waals surface area contributed by atoms with Gasteiger partial charge in [-0.3, -0.25) is 4.68 Å². The maximum absolute atomic E-state index is 4.53. The normalized spacial score (nSPS) is 14.9. The highest BCUT2D eigenvalue weighted by atomic mass is 127. The molecule has 1 fully saturated rings. The zero-order chi connectivity index (χ0) is 11.8. The van der Waals surface area contributed by atoms with Crippen LogP contribution in [0.5, 0.6) is 0 Å². The standard InChI is InChI=1S/C11H12IN5/c1-17-10(8(12)6-14-17)9-4-5-13-11(16-9)15-7-2-3-7/h4-7H,2-3H2,1H3,(H,13,15,16). The van der Waals surface area contributed by atoms with Crippen LogP contribution in [0.4, 0.5) is 5.95 Å². The van der Waals surface area contributed by atoms with Crippen LogP contribution in [-0.4, -0.2) is 25.8 Å². The molecule has 0 unspecified atom stereocenters. The van der Waals surface area contributed by atoms with Gasteiger partial charge in [-0.05, 0) is 41.5 Å². The molecule has 0 bridgehead atoms. The van der Waals surface area contributed by atoms with Crippen molar-refractivity contribution in [1.29, 1.82) is 0 Å². The summed E-state index contributed by atoms with van der Waals surface area (Å²) < 4.78 is 2.94. The molecular weight excluding hydrogens is 329 g/mol. The molecule has 0 radical (unpaired) electrons. The van der Waals surface area contributed by atoms with Crippen molar-refractivity contribution < 1.29 is 0 Å². The lowest BCUT2D eigenvalue weighted by Gasteiger charge is -2.06. The maximum atomic E-state index is 4.53. The Morgan fingerprint density at radius 2 is 2.29 bits per heavy atom. The molecule has 88 valence electrons. The molecule has 1 N–H and O–H groups in total. The number of aromatic nitrogens is 4. The summed E-state index contributed by atoms with van der Waals surface area (Å²) in [5.74, 6) is 0.710. The molecule has 2 aromatic heterocycles. The van der Waals surface area contributed by atoms with Gasteiger partial charge < -0.3 is 5.32 Å². The van der Waals surface area contributed by atoms with Gasteiger partial charge in [0.1, 0.15) is 0 Å². The van der Waals surface area contributed by atoms with E-state index in [1.165, 1.54) is 12.8 Å². The second-order valence-corrected chi connectivity index (χ2v) is 5.31. The van der Waals surface area contributed by atoms with Gasteiger partial charge in [-0.25, -0.2) is 9.97 Å². The number of hydrogen-bond acceptors (Lipinski definition) is 4. The van der Waals surface area contributed by atoms with Crippen molar-refractivity contribution in [3.63, 3.8) is 0 Å². The van der Waals surface area contributed by atoms with E-state index in [1.807, 2.05) is 24.0 Å². The fraction of sp³-hybridized carbons (Fsp3) is 0.364. The highest BCUT2D eigenvalue weighted by Crippen LogP contribution is 2.25. The largest absolute Gasteiger partial charge is 0.351 e. The number of hydrogen-bond donors (Lipinski definition) is 1. The summed E-state index contributed by atoms with van der Waals surface area (Å²) in [6, 6.07) is 2.48. The molecule has 2 heterocycles. The minimum absolute atomic E-state index is 0.566. The lowest BCUT2D eigenvalue weighted by atomic mass is 10.3. The van der Waals surface area contributed by atoms with E-state index in [-0.39, 0.29) is 0 Å². The molecule has 0 aromatic carbocycles. The van der Waals surface area contributed by atoms with Crippen molar-refractivity contribution in [3.05, 3.63) is 22.0 Å². The van der Waals surface area contributed by atoms with Crippen LogP contribution in [0.2, 0.25) is 0 Å². The minimum Gasteiger partial charge on any atom is -0.351 e. The van der Waals surface area contributed by atoms with Gasteiger partial charge in [0.2, 0.25) is 5.95 Å². The molecule has 1 saturated carbocycles. The van der Waals surface area contributed by atoms with Crippen LogP contribution in [0, 0.1) is 3.57 Å². The van der Waals surface area contributed by atoms with Crippen molar-refractivity contribution in [3.8, 4) is 11.4 Å². The highest BCUT2D eigenvalue weighted by Gasteiger charge is 2.22. The summed E-state index contributed by atoms with van der Waals surface area (Å²) in [6.45, 7) is 0. The molecule has 17 heavy (non-hydrogen) atoms. The van der Waals surface area contributed by atoms with E-state index >= 15 is 0 Å². The van der Waals surface area contributed by atoms with E-state index in [0.717, 1.165) is 15.0 Å². The zero-order valence-electron chi connectivity index (χ0n) is 9.39. The van der Waals surface area contributed by atoms with E-state index in [0.29, 0.717) is 12.0 Å². The number of rotatable bonds is 3. The molecule has 1 aliphatic rings. The molecular formula is C11H12IN5. The van der Waals surface area contributed by atoms with Gasteiger partial charge in [-0.15, -0.1) is 0 Å². The van der Waals surface area contributed by atoms with Crippen LogP contribution >= 0.6 is 22.6 Å². The molecule has 6 heteroatoms. The summed E-state index contributed by atoms with van der Waals surface area (Å²) >= 11 is 2.27. The third-order valence-corrected chi connectivity index (χ3v) is 3.49. The first-order chi connectivity index (χ1) is 8.24. The number of aryl methyl sites for hydroxylation is 1. The van der Waals surface area contributed by atoms with Gasteiger partial charge in [0.15, 0.2) is 0 Å². The molecule has 0 atom stereocenters. The van der Waals surface area contributed by atoms with E-state index in [9.17, 15) is 0 Å².